The van der Waals surface area contributed by atoms with Gasteiger partial charge in [-0.05, 0) is 141 Å². The number of ether oxygens (including phenoxy) is 3. The van der Waals surface area contributed by atoms with Crippen molar-refractivity contribution < 1.29 is 125 Å². The highest BCUT2D eigenvalue weighted by Gasteiger charge is 2.40. The van der Waals surface area contributed by atoms with Crippen molar-refractivity contribution in [3.63, 3.8) is 0 Å². The third-order valence-electron chi connectivity index (χ3n) is 23.1. The number of carbonyl (C=O) groups excluding carboxylic acids is 17. The van der Waals surface area contributed by atoms with Crippen LogP contribution in [0, 0.1) is 11.8 Å². The smallest absolute Gasteiger partial charge is 0.341 e. The predicted molar refractivity (Wildman–Crippen MR) is 518 cm³/mol. The molecule has 0 aliphatic carbocycles. The van der Waals surface area contributed by atoms with Gasteiger partial charge in [0.1, 0.15) is 96.1 Å². The minimum Gasteiger partial charge on any atom is -0.497 e. The fraction of sp³-hybridized carbons (Fsp3) is 0.485. The van der Waals surface area contributed by atoms with Crippen molar-refractivity contribution in [2.24, 2.45) is 34.8 Å². The van der Waals surface area contributed by atoms with Gasteiger partial charge in [-0.1, -0.05) is 133 Å². The van der Waals surface area contributed by atoms with Gasteiger partial charge in [-0.3, -0.25) is 91.2 Å². The Hall–Kier alpha value is -15.1. The highest BCUT2D eigenvalue weighted by Crippen LogP contribution is 2.23. The number of nitrogens with two attached hydrogens (primary N) is 4. The monoisotopic (exact) mass is 1990 g/mol. The first-order valence-electron chi connectivity index (χ1n) is 46.8. The first-order chi connectivity index (χ1) is 67.8. The average Bonchev–Trinajstić information content (AvgIpc) is 0.834. The lowest BCUT2D eigenvalue weighted by atomic mass is 9.98. The first-order valence-corrected chi connectivity index (χ1v) is 46.8. The van der Waals surface area contributed by atoms with Gasteiger partial charge in [0, 0.05) is 65.2 Å². The van der Waals surface area contributed by atoms with Gasteiger partial charge in [-0.2, -0.15) is 0 Å². The molecular formula is C97H134N20O26. The Bertz CT molecular complexity index is 5220. The van der Waals surface area contributed by atoms with E-state index in [1.807, 2.05) is 35.2 Å². The molecule has 46 heteroatoms. The third kappa shape index (κ3) is 39.5. The molecule has 1 aliphatic rings. The Labute approximate surface area is 827 Å². The van der Waals surface area contributed by atoms with Gasteiger partial charge in [0.25, 0.3) is 0 Å². The maximum Gasteiger partial charge on any atom is 0.341 e. The van der Waals surface area contributed by atoms with Crippen molar-refractivity contribution >= 4 is 118 Å². The Balaban J connectivity index is 1.26. The van der Waals surface area contributed by atoms with Crippen LogP contribution in [0.2, 0.25) is 0 Å². The van der Waals surface area contributed by atoms with E-state index in [1.165, 1.54) is 69.6 Å². The van der Waals surface area contributed by atoms with Gasteiger partial charge >= 0.3 is 17.9 Å². The molecule has 0 spiro atoms. The molecule has 1 aliphatic heterocycles. The van der Waals surface area contributed by atoms with E-state index < -0.39 is 248 Å². The standard InChI is InChI=1S/C97H134N20O26/c1-11-66(86(128)106-67(35-37-98)83(101)125)104-79(120)50-102-95(137)82(54(5)6)115-93(135)74(48-60-17-16-20-65(44-60)141-10)111-87(129)68(36-38-99)107-89(131)70(43-53(3)4)110-85(127)56(8)116(9)96(138)69(33-34-77(100)118)108-90(132)72(46-57-21-27-62(28-22-57)61-18-14-13-15-19-61)112-91(133)71(45-58-23-29-63(30-24-58)97(139)140)109-84(126)55(7)103-88(130)75(49-80(121)122)114-92(134)73(47-59-25-31-64(32-26-59)143-52-81(123)124)113-94(136)76(105-78(119)12-2)51-117-39-41-142-42-40-117/h13-32,44,53-56,66-76,82H,11-12,33-43,45-52,98-99H2,1-10H3,(H2,100,118)(H2,101,125)(H,102,137)(H,103,130)(H,104,120)(H,105,119)(H,106,128)(H,107,131)(H,108,132)(H,109,126)(H,110,127)(H,111,129)(H,112,133)(H,113,136)(H,114,134)(H,115,135)(H,121,122)(H,123,124)(H,139,140)/t55-,56-,66?,67?,68-,69-,70+,71-,72-,73-,74-,75-,76-,82?/m0/s1. The lowest BCUT2D eigenvalue weighted by Gasteiger charge is -2.31. The van der Waals surface area contributed by atoms with Crippen molar-refractivity contribution in [3.8, 4) is 22.6 Å². The maximum atomic E-state index is 15.4. The molecule has 1 saturated heterocycles. The topological polar surface area (TPSA) is 709 Å². The summed E-state index contributed by atoms with van der Waals surface area (Å²) in [4.78, 5) is 279. The van der Waals surface area contributed by atoms with Gasteiger partial charge in [-0.15, -0.1) is 0 Å². The Morgan fingerprint density at radius 2 is 0.902 bits per heavy atom. The van der Waals surface area contributed by atoms with Gasteiger partial charge in [0.05, 0.1) is 38.9 Å². The molecule has 0 bridgehead atoms. The molecule has 0 aromatic heterocycles. The minimum absolute atomic E-state index is 0.0195. The first kappa shape index (κ1) is 117. The summed E-state index contributed by atoms with van der Waals surface area (Å²) in [5.74, 6) is -20.9. The molecule has 6 rings (SSSR count). The molecule has 5 aromatic carbocycles. The van der Waals surface area contributed by atoms with Gasteiger partial charge in [0.2, 0.25) is 100 Å². The second-order valence-electron chi connectivity index (χ2n) is 35.1. The van der Waals surface area contributed by atoms with Crippen molar-refractivity contribution in [3.05, 3.63) is 155 Å². The molecule has 778 valence electrons. The van der Waals surface area contributed by atoms with Crippen LogP contribution < -0.4 is 107 Å². The highest BCUT2D eigenvalue weighted by atomic mass is 16.5. The lowest BCUT2D eigenvalue weighted by Crippen LogP contribution is -2.61. The van der Waals surface area contributed by atoms with E-state index in [0.29, 0.717) is 48.7 Å². The van der Waals surface area contributed by atoms with E-state index in [-0.39, 0.29) is 93.8 Å². The molecular weight excluding hydrogens is 1860 g/mol. The molecule has 3 unspecified atom stereocenters. The van der Waals surface area contributed by atoms with E-state index in [2.05, 4.69) is 74.4 Å². The summed E-state index contributed by atoms with van der Waals surface area (Å²) in [6.07, 6.45) is -4.00. The number of benzene rings is 5. The molecule has 14 atom stereocenters. The number of rotatable bonds is 60. The number of primary amides is 2. The molecule has 17 amide bonds. The fourth-order valence-electron chi connectivity index (χ4n) is 14.9. The van der Waals surface area contributed by atoms with Gasteiger partial charge < -0.3 is 132 Å². The zero-order valence-electron chi connectivity index (χ0n) is 81.6. The number of hydrogen-bond acceptors (Lipinski definition) is 26. The summed E-state index contributed by atoms with van der Waals surface area (Å²) < 4.78 is 16.1. The fourth-order valence-corrected chi connectivity index (χ4v) is 14.9. The summed E-state index contributed by atoms with van der Waals surface area (Å²) in [7, 11) is 2.58. The Morgan fingerprint density at radius 3 is 1.41 bits per heavy atom. The van der Waals surface area contributed by atoms with E-state index in [4.69, 9.17) is 37.1 Å². The van der Waals surface area contributed by atoms with E-state index in [9.17, 15) is 96.8 Å². The molecule has 5 aromatic rings. The van der Waals surface area contributed by atoms with E-state index >= 15 is 14.4 Å². The number of carbonyl (C=O) groups is 20. The summed E-state index contributed by atoms with van der Waals surface area (Å²) in [6.45, 7) is 11.9. The number of methoxy groups -OCH3 is 1. The number of carboxylic acid groups (broad SMARTS) is 3. The molecule has 143 heavy (non-hydrogen) atoms. The summed E-state index contributed by atoms with van der Waals surface area (Å²) >= 11 is 0. The van der Waals surface area contributed by atoms with Crippen LogP contribution in [0.25, 0.3) is 11.1 Å². The molecule has 0 radical (unpaired) electrons. The summed E-state index contributed by atoms with van der Waals surface area (Å²) in [5, 5.41) is 65.1. The SMILES string of the molecule is CCC(=O)N[C@@H](CN1CCOCC1)C(=O)N[C@@H](Cc1ccc(OCC(=O)O)cc1)C(=O)N[C@@H](CC(=O)O)C(=O)N[C@@H](C)C(=O)N[C@@H](Cc1ccc(C(=O)O)cc1)C(=O)N[C@@H](Cc1ccc(-c2ccccc2)cc1)C(=O)N[C@@H](CCC(N)=O)C(=O)N(C)[C@@H](C)C(=O)N[C@H](CC(C)C)C(=O)N[C@@H](CCN)C(=O)N[C@@H](Cc1cccc(OC)c1)C(=O)NC(C(=O)NCC(=O)NC(CC)C(=O)NC(CCN)C(N)=O)C(C)C. The normalized spacial score (nSPS) is 14.8. The van der Waals surface area contributed by atoms with Crippen molar-refractivity contribution in [2.75, 3.05) is 73.2 Å². The van der Waals surface area contributed by atoms with Crippen molar-refractivity contribution in [1.82, 2.24) is 84.2 Å². The predicted octanol–water partition coefficient (Wildman–Crippen LogP) is -3.14. The van der Waals surface area contributed by atoms with E-state index in [0.717, 1.165) is 23.0 Å². The van der Waals surface area contributed by atoms with Crippen molar-refractivity contribution in [1.29, 1.82) is 0 Å². The van der Waals surface area contributed by atoms with Crippen molar-refractivity contribution in [2.45, 2.75) is 217 Å². The molecule has 46 nitrogen and oxygen atoms in total. The number of nitrogens with zero attached hydrogens (tertiary/aromatic N) is 2. The van der Waals surface area contributed by atoms with Gasteiger partial charge in [-0.25, -0.2) is 9.59 Å². The largest absolute Gasteiger partial charge is 0.497 e. The third-order valence-corrected chi connectivity index (χ3v) is 23.1. The molecule has 1 heterocycles. The van der Waals surface area contributed by atoms with Crippen LogP contribution in [0.5, 0.6) is 11.5 Å². The van der Waals surface area contributed by atoms with Crippen LogP contribution in [0.3, 0.4) is 0 Å². The highest BCUT2D eigenvalue weighted by molar-refractivity contribution is 6.02. The number of amides is 17. The number of likely N-dealkylation sites (N-methyl/N-ethyl adjacent to an activating group) is 1. The van der Waals surface area contributed by atoms with Crippen LogP contribution in [0.1, 0.15) is 139 Å². The zero-order chi connectivity index (χ0) is 106. The van der Waals surface area contributed by atoms with E-state index in [1.54, 1.807) is 90.1 Å². The number of carboxylic acids is 3. The average molecular weight is 2000 g/mol. The van der Waals surface area contributed by atoms with Crippen LogP contribution in [0.15, 0.2) is 127 Å². The van der Waals surface area contributed by atoms with Crippen LogP contribution in [-0.4, -0.2) is 301 Å². The number of aromatic carboxylic acids is 1. The number of hydrogen-bond donors (Lipinski definition) is 21. The molecule has 1 fully saturated rings. The minimum atomic E-state index is -2.02. The number of morpholine rings is 1. The summed E-state index contributed by atoms with van der Waals surface area (Å²) in [6, 6.07) is 11.4. The quantitative estimate of drug-likeness (QED) is 0.0183. The number of nitrogens with one attached hydrogen (secondary N) is 14. The zero-order valence-corrected chi connectivity index (χ0v) is 81.6. The summed E-state index contributed by atoms with van der Waals surface area (Å²) in [5.41, 5.74) is 25.4. The Morgan fingerprint density at radius 1 is 0.441 bits per heavy atom. The van der Waals surface area contributed by atoms with Crippen LogP contribution >= 0.6 is 0 Å². The molecule has 25 N–H and O–H groups in total. The maximum absolute atomic E-state index is 15.4. The van der Waals surface area contributed by atoms with Gasteiger partial charge in [0.15, 0.2) is 6.61 Å². The lowest BCUT2D eigenvalue weighted by molar-refractivity contribution is -0.143. The molecule has 0 saturated carbocycles. The van der Waals surface area contributed by atoms with Crippen LogP contribution in [-0.2, 0) is 122 Å². The second kappa shape index (κ2) is 58.9. The Kier molecular flexibility index (Phi) is 48.0. The van der Waals surface area contributed by atoms with Crippen LogP contribution in [0.4, 0.5) is 0 Å². The number of aliphatic carboxylic acids is 2. The second-order valence-corrected chi connectivity index (χ2v) is 35.1.